The number of nitrogens with zero attached hydrogens (tertiary/aromatic N) is 3. The first-order valence-corrected chi connectivity index (χ1v) is 7.09. The minimum absolute atomic E-state index is 0.681. The van der Waals surface area contributed by atoms with E-state index in [9.17, 15) is 0 Å². The lowest BCUT2D eigenvalue weighted by Gasteiger charge is -2.06. The fraction of sp³-hybridized carbons (Fsp3) is 0.692. The number of aryl methyl sites for hydroxylation is 3. The summed E-state index contributed by atoms with van der Waals surface area (Å²) in [6.45, 7) is 7.60. The molecular formula is C13H22N4S. The van der Waals surface area contributed by atoms with E-state index in [-0.39, 0.29) is 0 Å². The first-order valence-electron chi connectivity index (χ1n) is 6.69. The molecule has 100 valence electrons. The highest BCUT2D eigenvalue weighted by Gasteiger charge is 2.14. The number of fused-ring (bicyclic) bond motifs is 1. The second-order valence-electron chi connectivity index (χ2n) is 5.28. The molecule has 0 fully saturated rings. The van der Waals surface area contributed by atoms with Gasteiger partial charge in [0.1, 0.15) is 5.52 Å². The van der Waals surface area contributed by atoms with Crippen LogP contribution in [0.3, 0.4) is 0 Å². The molecule has 2 aromatic heterocycles. The summed E-state index contributed by atoms with van der Waals surface area (Å²) in [4.78, 5) is 3.32. The van der Waals surface area contributed by atoms with Crippen LogP contribution in [0, 0.1) is 10.7 Å². The van der Waals surface area contributed by atoms with Gasteiger partial charge in [-0.3, -0.25) is 4.68 Å². The Morgan fingerprint density at radius 3 is 2.72 bits per heavy atom. The summed E-state index contributed by atoms with van der Waals surface area (Å²) in [5.74, 6) is 0.681. The summed E-state index contributed by atoms with van der Waals surface area (Å²) in [7, 11) is 2.00. The van der Waals surface area contributed by atoms with Crippen molar-refractivity contribution >= 4 is 23.4 Å². The zero-order valence-electron chi connectivity index (χ0n) is 11.7. The van der Waals surface area contributed by atoms with Crippen molar-refractivity contribution in [2.75, 3.05) is 0 Å². The van der Waals surface area contributed by atoms with Crippen molar-refractivity contribution in [3.8, 4) is 0 Å². The van der Waals surface area contributed by atoms with E-state index in [4.69, 9.17) is 12.2 Å². The molecular weight excluding hydrogens is 244 g/mol. The van der Waals surface area contributed by atoms with Gasteiger partial charge in [0.2, 0.25) is 0 Å². The summed E-state index contributed by atoms with van der Waals surface area (Å²) >= 11 is 5.43. The SMILES string of the molecule is CCCc1nn(C)c2c1[nH]c(=S)n2CCC(C)C. The lowest BCUT2D eigenvalue weighted by atomic mass is 10.1. The van der Waals surface area contributed by atoms with E-state index >= 15 is 0 Å². The van der Waals surface area contributed by atoms with Crippen molar-refractivity contribution in [1.29, 1.82) is 0 Å². The van der Waals surface area contributed by atoms with Gasteiger partial charge in [-0.05, 0) is 31.0 Å². The number of nitrogens with one attached hydrogen (secondary N) is 1. The van der Waals surface area contributed by atoms with Crippen LogP contribution in [-0.2, 0) is 20.0 Å². The number of H-pyrrole nitrogens is 1. The number of imidazole rings is 1. The number of rotatable bonds is 5. The second-order valence-corrected chi connectivity index (χ2v) is 5.67. The Labute approximate surface area is 113 Å². The predicted octanol–water partition coefficient (Wildman–Crippen LogP) is 3.43. The van der Waals surface area contributed by atoms with Gasteiger partial charge >= 0.3 is 0 Å². The van der Waals surface area contributed by atoms with Gasteiger partial charge in [-0.15, -0.1) is 0 Å². The molecule has 0 radical (unpaired) electrons. The Morgan fingerprint density at radius 2 is 2.11 bits per heavy atom. The van der Waals surface area contributed by atoms with Gasteiger partial charge in [0, 0.05) is 13.6 Å². The Balaban J connectivity index is 2.46. The summed E-state index contributed by atoms with van der Waals surface area (Å²) in [5.41, 5.74) is 3.38. The Bertz CT molecular complexity index is 588. The fourth-order valence-electron chi connectivity index (χ4n) is 2.28. The highest BCUT2D eigenvalue weighted by molar-refractivity contribution is 7.71. The Kier molecular flexibility index (Phi) is 3.90. The van der Waals surface area contributed by atoms with E-state index in [1.165, 1.54) is 0 Å². The minimum Gasteiger partial charge on any atom is -0.328 e. The Morgan fingerprint density at radius 1 is 1.39 bits per heavy atom. The summed E-state index contributed by atoms with van der Waals surface area (Å²) in [5, 5.41) is 4.59. The summed E-state index contributed by atoms with van der Waals surface area (Å²) in [6, 6.07) is 0. The number of aromatic nitrogens is 4. The van der Waals surface area contributed by atoms with Crippen molar-refractivity contribution in [2.24, 2.45) is 13.0 Å². The second kappa shape index (κ2) is 5.26. The zero-order valence-corrected chi connectivity index (χ0v) is 12.5. The van der Waals surface area contributed by atoms with Gasteiger partial charge in [-0.2, -0.15) is 5.10 Å². The largest absolute Gasteiger partial charge is 0.328 e. The lowest BCUT2D eigenvalue weighted by Crippen LogP contribution is -2.05. The molecule has 2 heterocycles. The average molecular weight is 266 g/mol. The fourth-order valence-corrected chi connectivity index (χ4v) is 2.56. The molecule has 5 heteroatoms. The van der Waals surface area contributed by atoms with Crippen LogP contribution >= 0.6 is 12.2 Å². The molecule has 0 aromatic carbocycles. The Hall–Kier alpha value is -1.10. The molecule has 0 unspecified atom stereocenters. The molecule has 0 atom stereocenters. The normalized spacial score (nSPS) is 11.8. The summed E-state index contributed by atoms with van der Waals surface area (Å²) < 4.78 is 4.94. The van der Waals surface area contributed by atoms with Crippen molar-refractivity contribution in [3.05, 3.63) is 10.5 Å². The van der Waals surface area contributed by atoms with Gasteiger partial charge < -0.3 is 9.55 Å². The molecule has 0 amide bonds. The molecule has 0 bridgehead atoms. The predicted molar refractivity (Wildman–Crippen MR) is 77.3 cm³/mol. The molecule has 2 aromatic rings. The van der Waals surface area contributed by atoms with Gasteiger partial charge in [-0.1, -0.05) is 27.2 Å². The molecule has 0 aliphatic heterocycles. The third kappa shape index (κ3) is 2.36. The third-order valence-corrected chi connectivity index (χ3v) is 3.56. The molecule has 0 saturated carbocycles. The van der Waals surface area contributed by atoms with E-state index in [1.807, 2.05) is 11.7 Å². The quantitative estimate of drug-likeness (QED) is 0.842. The maximum Gasteiger partial charge on any atom is 0.179 e. The molecule has 4 nitrogen and oxygen atoms in total. The van der Waals surface area contributed by atoms with Gasteiger partial charge in [0.15, 0.2) is 10.4 Å². The van der Waals surface area contributed by atoms with Gasteiger partial charge in [-0.25, -0.2) is 0 Å². The number of hydrogen-bond acceptors (Lipinski definition) is 2. The van der Waals surface area contributed by atoms with E-state index in [0.717, 1.165) is 47.4 Å². The maximum absolute atomic E-state index is 5.43. The van der Waals surface area contributed by atoms with Crippen LogP contribution in [0.1, 0.15) is 39.3 Å². The molecule has 1 N–H and O–H groups in total. The molecule has 18 heavy (non-hydrogen) atoms. The maximum atomic E-state index is 5.43. The topological polar surface area (TPSA) is 38.5 Å². The van der Waals surface area contributed by atoms with Crippen LogP contribution in [0.4, 0.5) is 0 Å². The first kappa shape index (κ1) is 13.3. The summed E-state index contributed by atoms with van der Waals surface area (Å²) in [6.07, 6.45) is 3.23. The lowest BCUT2D eigenvalue weighted by molar-refractivity contribution is 0.514. The van der Waals surface area contributed by atoms with Crippen LogP contribution in [0.5, 0.6) is 0 Å². The van der Waals surface area contributed by atoms with Crippen molar-refractivity contribution in [2.45, 2.75) is 46.6 Å². The monoisotopic (exact) mass is 266 g/mol. The van der Waals surface area contributed by atoms with Crippen LogP contribution in [0.15, 0.2) is 0 Å². The average Bonchev–Trinajstić information content (AvgIpc) is 2.76. The van der Waals surface area contributed by atoms with Crippen molar-refractivity contribution in [3.63, 3.8) is 0 Å². The first-order chi connectivity index (χ1) is 8.54. The molecule has 2 rings (SSSR count). The third-order valence-electron chi connectivity index (χ3n) is 3.24. The van der Waals surface area contributed by atoms with Gasteiger partial charge in [0.25, 0.3) is 0 Å². The van der Waals surface area contributed by atoms with E-state index in [0.29, 0.717) is 5.92 Å². The minimum atomic E-state index is 0.681. The van der Waals surface area contributed by atoms with E-state index in [2.05, 4.69) is 35.4 Å². The molecule has 0 aliphatic rings. The van der Waals surface area contributed by atoms with Crippen LogP contribution < -0.4 is 0 Å². The highest BCUT2D eigenvalue weighted by atomic mass is 32.1. The van der Waals surface area contributed by atoms with Crippen LogP contribution in [0.25, 0.3) is 11.2 Å². The van der Waals surface area contributed by atoms with Crippen molar-refractivity contribution in [1.82, 2.24) is 19.3 Å². The number of aromatic amines is 1. The standard InChI is InChI=1S/C13H22N4S/c1-5-6-10-11-12(16(4)15-10)17(13(18)14-11)8-7-9(2)3/h9H,5-8H2,1-4H3,(H,14,18). The smallest absolute Gasteiger partial charge is 0.179 e. The zero-order chi connectivity index (χ0) is 13.3. The van der Waals surface area contributed by atoms with Crippen LogP contribution in [0.2, 0.25) is 0 Å². The van der Waals surface area contributed by atoms with Crippen LogP contribution in [-0.4, -0.2) is 19.3 Å². The van der Waals surface area contributed by atoms with E-state index < -0.39 is 0 Å². The van der Waals surface area contributed by atoms with Gasteiger partial charge in [0.05, 0.1) is 5.69 Å². The molecule has 0 saturated heterocycles. The van der Waals surface area contributed by atoms with Crippen molar-refractivity contribution < 1.29 is 0 Å². The number of hydrogen-bond donors (Lipinski definition) is 1. The highest BCUT2D eigenvalue weighted by Crippen LogP contribution is 2.20. The van der Waals surface area contributed by atoms with E-state index in [1.54, 1.807) is 0 Å². The molecule has 0 aliphatic carbocycles. The molecule has 0 spiro atoms.